The topological polar surface area (TPSA) is 18.5 Å². The first-order valence-corrected chi connectivity index (χ1v) is 11.4. The number of hydrogen-bond acceptors (Lipinski definition) is 2. The van der Waals surface area contributed by atoms with Crippen molar-refractivity contribution < 1.29 is 18.3 Å². The maximum absolute atomic E-state index is 14.2. The third kappa shape index (κ3) is 4.63. The fourth-order valence-electron chi connectivity index (χ4n) is 5.37. The van der Waals surface area contributed by atoms with Crippen molar-refractivity contribution in [1.82, 2.24) is 0 Å². The molecule has 2 aromatic rings. The number of ether oxygens (including phenoxy) is 2. The first-order chi connectivity index (χ1) is 14.5. The summed E-state index contributed by atoms with van der Waals surface area (Å²) in [5.74, 6) is 1.18. The highest BCUT2D eigenvalue weighted by molar-refractivity contribution is 5.35. The number of rotatable bonds is 6. The van der Waals surface area contributed by atoms with Crippen molar-refractivity contribution >= 4 is 0 Å². The van der Waals surface area contributed by atoms with Crippen LogP contribution in [0.2, 0.25) is 0 Å². The van der Waals surface area contributed by atoms with E-state index in [0.717, 1.165) is 23.3 Å². The third-order valence-corrected chi connectivity index (χ3v) is 7.03. The molecule has 0 spiro atoms. The van der Waals surface area contributed by atoms with Crippen LogP contribution in [0.25, 0.3) is 0 Å². The minimum Gasteiger partial charge on any atom is -0.491 e. The average Bonchev–Trinajstić information content (AvgIpc) is 2.76. The Morgan fingerprint density at radius 2 is 1.43 bits per heavy atom. The van der Waals surface area contributed by atoms with Gasteiger partial charge in [0, 0.05) is 0 Å². The van der Waals surface area contributed by atoms with Crippen molar-refractivity contribution in [2.45, 2.75) is 64.9 Å². The molecule has 2 saturated carbocycles. The lowest BCUT2D eigenvalue weighted by molar-refractivity contribution is 0.124. The van der Waals surface area contributed by atoms with Gasteiger partial charge in [-0.05, 0) is 86.0 Å². The summed E-state index contributed by atoms with van der Waals surface area (Å²) < 4.78 is 38.8. The van der Waals surface area contributed by atoms with Crippen molar-refractivity contribution in [1.29, 1.82) is 0 Å². The summed E-state index contributed by atoms with van der Waals surface area (Å²) in [6.45, 7) is 4.62. The van der Waals surface area contributed by atoms with Crippen molar-refractivity contribution in [3.8, 4) is 11.5 Å². The quantitative estimate of drug-likeness (QED) is 0.495. The lowest BCUT2D eigenvalue weighted by Crippen LogP contribution is -2.29. The fourth-order valence-corrected chi connectivity index (χ4v) is 5.37. The third-order valence-electron chi connectivity index (χ3n) is 7.03. The van der Waals surface area contributed by atoms with Gasteiger partial charge in [-0.25, -0.2) is 0 Å². The van der Waals surface area contributed by atoms with Gasteiger partial charge in [0.25, 0.3) is 0 Å². The van der Waals surface area contributed by atoms with Gasteiger partial charge in [-0.15, -0.1) is 0 Å². The molecule has 0 heterocycles. The maximum Gasteiger partial charge on any atom is 0.204 e. The van der Waals surface area contributed by atoms with E-state index in [2.05, 4.69) is 19.1 Å². The van der Waals surface area contributed by atoms with Crippen molar-refractivity contribution in [3.63, 3.8) is 0 Å². The predicted octanol–water partition coefficient (Wildman–Crippen LogP) is 7.26. The molecule has 2 nitrogen and oxygen atoms in total. The van der Waals surface area contributed by atoms with E-state index in [4.69, 9.17) is 9.47 Å². The molecule has 0 amide bonds. The zero-order valence-corrected chi connectivity index (χ0v) is 18.0. The molecule has 0 bridgehead atoms. The molecule has 30 heavy (non-hydrogen) atoms. The highest BCUT2D eigenvalue weighted by Crippen LogP contribution is 2.47. The first kappa shape index (κ1) is 21.1. The van der Waals surface area contributed by atoms with Gasteiger partial charge in [0.15, 0.2) is 11.5 Å². The van der Waals surface area contributed by atoms with Crippen LogP contribution >= 0.6 is 0 Å². The molecule has 4 atom stereocenters. The largest absolute Gasteiger partial charge is 0.491 e. The number of halogens is 2. The lowest BCUT2D eigenvalue weighted by Gasteiger charge is -2.41. The number of fused-ring (bicyclic) bond motifs is 1. The summed E-state index contributed by atoms with van der Waals surface area (Å²) in [5.41, 5.74) is 2.35. The van der Waals surface area contributed by atoms with Crippen LogP contribution in [0, 0.1) is 29.4 Å². The van der Waals surface area contributed by atoms with E-state index in [0.29, 0.717) is 5.92 Å². The lowest BCUT2D eigenvalue weighted by atomic mass is 9.64. The standard InChI is InChI=1S/C26H32F2O2/c1-3-29-23-12-13-24(26(28)25(23)27)30-16-18-5-8-19(9-6-18)21-11-10-20-14-17(2)4-7-22(20)15-21/h5-6,8-9,12-13,17,20-22H,3-4,7,10-11,14-16H2,1-2H3. The van der Waals surface area contributed by atoms with E-state index in [1.807, 2.05) is 12.1 Å². The Hall–Kier alpha value is -2.10. The summed E-state index contributed by atoms with van der Waals surface area (Å²) in [5, 5.41) is 0. The van der Waals surface area contributed by atoms with E-state index in [-0.39, 0.29) is 24.7 Å². The summed E-state index contributed by atoms with van der Waals surface area (Å²) in [7, 11) is 0. The highest BCUT2D eigenvalue weighted by atomic mass is 19.2. The molecule has 2 fully saturated rings. The molecule has 0 radical (unpaired) electrons. The maximum atomic E-state index is 14.2. The van der Waals surface area contributed by atoms with Crippen molar-refractivity contribution in [2.24, 2.45) is 17.8 Å². The summed E-state index contributed by atoms with van der Waals surface area (Å²) >= 11 is 0. The molecule has 4 rings (SSSR count). The van der Waals surface area contributed by atoms with Crippen LogP contribution < -0.4 is 9.47 Å². The van der Waals surface area contributed by atoms with Gasteiger partial charge in [0.05, 0.1) is 6.61 Å². The van der Waals surface area contributed by atoms with E-state index in [9.17, 15) is 8.78 Å². The van der Waals surface area contributed by atoms with Gasteiger partial charge in [-0.2, -0.15) is 8.78 Å². The average molecular weight is 415 g/mol. The monoisotopic (exact) mass is 414 g/mol. The van der Waals surface area contributed by atoms with Gasteiger partial charge in [-0.3, -0.25) is 0 Å². The molecule has 0 aliphatic heterocycles. The molecule has 2 aliphatic carbocycles. The second-order valence-electron chi connectivity index (χ2n) is 9.10. The van der Waals surface area contributed by atoms with Crippen LogP contribution in [-0.2, 0) is 6.61 Å². The molecule has 0 N–H and O–H groups in total. The second kappa shape index (κ2) is 9.36. The van der Waals surface area contributed by atoms with Gasteiger partial charge in [0.1, 0.15) is 6.61 Å². The Labute approximate surface area is 178 Å². The minimum atomic E-state index is -1.00. The Kier molecular flexibility index (Phi) is 6.60. The van der Waals surface area contributed by atoms with Gasteiger partial charge < -0.3 is 9.47 Å². The van der Waals surface area contributed by atoms with Crippen molar-refractivity contribution in [3.05, 3.63) is 59.2 Å². The Morgan fingerprint density at radius 1 is 0.800 bits per heavy atom. The van der Waals surface area contributed by atoms with Crippen LogP contribution in [0.15, 0.2) is 36.4 Å². The predicted molar refractivity (Wildman–Crippen MR) is 115 cm³/mol. The van der Waals surface area contributed by atoms with Gasteiger partial charge in [-0.1, -0.05) is 37.6 Å². The first-order valence-electron chi connectivity index (χ1n) is 11.4. The molecule has 4 unspecified atom stereocenters. The van der Waals surface area contributed by atoms with Gasteiger partial charge >= 0.3 is 0 Å². The normalized spacial score (nSPS) is 26.1. The highest BCUT2D eigenvalue weighted by Gasteiger charge is 2.34. The van der Waals surface area contributed by atoms with Crippen molar-refractivity contribution in [2.75, 3.05) is 6.61 Å². The summed E-state index contributed by atoms with van der Waals surface area (Å²) in [6, 6.07) is 11.3. The van der Waals surface area contributed by atoms with E-state index >= 15 is 0 Å². The van der Waals surface area contributed by atoms with Crippen LogP contribution in [-0.4, -0.2) is 6.61 Å². The molecule has 0 saturated heterocycles. The zero-order chi connectivity index (χ0) is 21.1. The minimum absolute atomic E-state index is 0.0890. The molecule has 4 heteroatoms. The SMILES string of the molecule is CCOc1ccc(OCc2ccc(C3CCC4CC(C)CCC4C3)cc2)c(F)c1F. The van der Waals surface area contributed by atoms with Crippen LogP contribution in [0.5, 0.6) is 11.5 Å². The summed E-state index contributed by atoms with van der Waals surface area (Å²) in [6.07, 6.45) is 8.12. The summed E-state index contributed by atoms with van der Waals surface area (Å²) in [4.78, 5) is 0. The molecular formula is C26H32F2O2. The molecule has 0 aromatic heterocycles. The molecular weight excluding hydrogens is 382 g/mol. The smallest absolute Gasteiger partial charge is 0.204 e. The Balaban J connectivity index is 1.35. The Bertz CT molecular complexity index is 849. The second-order valence-corrected chi connectivity index (χ2v) is 9.10. The molecule has 162 valence electrons. The Morgan fingerprint density at radius 3 is 2.13 bits per heavy atom. The molecule has 2 aromatic carbocycles. The van der Waals surface area contributed by atoms with E-state index in [1.54, 1.807) is 6.92 Å². The number of benzene rings is 2. The van der Waals surface area contributed by atoms with E-state index < -0.39 is 11.6 Å². The zero-order valence-electron chi connectivity index (χ0n) is 18.0. The van der Waals surface area contributed by atoms with Crippen LogP contribution in [0.3, 0.4) is 0 Å². The van der Waals surface area contributed by atoms with Crippen LogP contribution in [0.1, 0.15) is 69.4 Å². The molecule has 2 aliphatic rings. The fraction of sp³-hybridized carbons (Fsp3) is 0.538. The van der Waals surface area contributed by atoms with E-state index in [1.165, 1.54) is 56.2 Å². The van der Waals surface area contributed by atoms with Gasteiger partial charge in [0.2, 0.25) is 11.6 Å². The van der Waals surface area contributed by atoms with Crippen LogP contribution in [0.4, 0.5) is 8.78 Å². The number of hydrogen-bond donors (Lipinski definition) is 0.